The Hall–Kier alpha value is -2.51. The molecule has 6 nitrogen and oxygen atoms in total. The van der Waals surface area contributed by atoms with Gasteiger partial charge in [0.1, 0.15) is 5.82 Å². The summed E-state index contributed by atoms with van der Waals surface area (Å²) in [4.78, 5) is 4.41. The van der Waals surface area contributed by atoms with Crippen molar-refractivity contribution in [3.63, 3.8) is 0 Å². The highest BCUT2D eigenvalue weighted by Crippen LogP contribution is 2.34. The van der Waals surface area contributed by atoms with E-state index in [0.717, 1.165) is 24.5 Å². The summed E-state index contributed by atoms with van der Waals surface area (Å²) < 4.78 is 16.1. The molecule has 0 N–H and O–H groups in total. The van der Waals surface area contributed by atoms with Crippen molar-refractivity contribution in [3.8, 4) is 0 Å². The molecule has 0 saturated carbocycles. The lowest BCUT2D eigenvalue weighted by Gasteiger charge is -2.40. The summed E-state index contributed by atoms with van der Waals surface area (Å²) >= 11 is 6.57. The molecule has 8 heteroatoms. The molecule has 3 aromatic rings. The number of nitrogens with zero attached hydrogens (tertiary/aromatic N) is 6. The third-order valence-electron chi connectivity index (χ3n) is 5.32. The SMILES string of the molecule is CC(C)n1nnnc1[C@H](c1ccccc1Cl)N1CCN(c2ccccc2F)CC1. The second-order valence-electron chi connectivity index (χ2n) is 7.47. The number of rotatable bonds is 5. The molecule has 1 atom stereocenters. The minimum Gasteiger partial charge on any atom is -0.367 e. The second kappa shape index (κ2) is 8.47. The van der Waals surface area contributed by atoms with Gasteiger partial charge in [-0.2, -0.15) is 0 Å². The first-order valence-electron chi connectivity index (χ1n) is 9.82. The average molecular weight is 415 g/mol. The minimum absolute atomic E-state index is 0.129. The highest BCUT2D eigenvalue weighted by atomic mass is 35.5. The van der Waals surface area contributed by atoms with Crippen LogP contribution in [0.1, 0.15) is 37.3 Å². The van der Waals surface area contributed by atoms with Gasteiger partial charge in [-0.1, -0.05) is 41.9 Å². The van der Waals surface area contributed by atoms with Crippen LogP contribution < -0.4 is 4.90 Å². The van der Waals surface area contributed by atoms with Crippen LogP contribution in [0.15, 0.2) is 48.5 Å². The van der Waals surface area contributed by atoms with E-state index >= 15 is 0 Å². The van der Waals surface area contributed by atoms with Crippen LogP contribution in [-0.2, 0) is 0 Å². The molecule has 1 aliphatic heterocycles. The van der Waals surface area contributed by atoms with Crippen LogP contribution in [-0.4, -0.2) is 51.3 Å². The Balaban J connectivity index is 1.64. The zero-order valence-electron chi connectivity index (χ0n) is 16.5. The molecule has 152 valence electrons. The molecule has 0 radical (unpaired) electrons. The average Bonchev–Trinajstić information content (AvgIpc) is 3.20. The van der Waals surface area contributed by atoms with Gasteiger partial charge in [-0.3, -0.25) is 4.90 Å². The molecule has 0 amide bonds. The van der Waals surface area contributed by atoms with Gasteiger partial charge in [-0.15, -0.1) is 5.10 Å². The first kappa shape index (κ1) is 19.8. The number of hydrogen-bond donors (Lipinski definition) is 0. The van der Waals surface area contributed by atoms with Crippen LogP contribution in [0.5, 0.6) is 0 Å². The molecule has 2 aromatic carbocycles. The van der Waals surface area contributed by atoms with E-state index < -0.39 is 0 Å². The van der Waals surface area contributed by atoms with Crippen LogP contribution in [0.4, 0.5) is 10.1 Å². The number of tetrazole rings is 1. The van der Waals surface area contributed by atoms with Crippen LogP contribution in [0, 0.1) is 5.82 Å². The van der Waals surface area contributed by atoms with Crippen molar-refractivity contribution in [2.45, 2.75) is 25.9 Å². The summed E-state index contributed by atoms with van der Waals surface area (Å²) in [5.41, 5.74) is 1.62. The zero-order valence-corrected chi connectivity index (χ0v) is 17.3. The second-order valence-corrected chi connectivity index (χ2v) is 7.88. The minimum atomic E-state index is -0.188. The number of anilines is 1. The quantitative estimate of drug-likeness (QED) is 0.632. The lowest BCUT2D eigenvalue weighted by Crippen LogP contribution is -2.48. The molecule has 2 heterocycles. The van der Waals surface area contributed by atoms with Crippen LogP contribution in [0.2, 0.25) is 5.02 Å². The van der Waals surface area contributed by atoms with Crippen LogP contribution in [0.3, 0.4) is 0 Å². The third-order valence-corrected chi connectivity index (χ3v) is 5.67. The van der Waals surface area contributed by atoms with Crippen molar-refractivity contribution in [3.05, 3.63) is 70.8 Å². The van der Waals surface area contributed by atoms with E-state index in [2.05, 4.69) is 39.2 Å². The van der Waals surface area contributed by atoms with Gasteiger partial charge >= 0.3 is 0 Å². The number of aromatic nitrogens is 4. The van der Waals surface area contributed by atoms with Crippen molar-refractivity contribution < 1.29 is 4.39 Å². The molecular formula is C21H24ClFN6. The maximum absolute atomic E-state index is 14.2. The van der Waals surface area contributed by atoms with Gasteiger partial charge in [0.2, 0.25) is 0 Å². The van der Waals surface area contributed by atoms with Crippen molar-refractivity contribution in [1.82, 2.24) is 25.1 Å². The summed E-state index contributed by atoms with van der Waals surface area (Å²) in [5.74, 6) is 0.583. The molecule has 0 unspecified atom stereocenters. The monoisotopic (exact) mass is 414 g/mol. The van der Waals surface area contributed by atoms with Gasteiger partial charge in [-0.25, -0.2) is 9.07 Å². The molecule has 1 saturated heterocycles. The molecular weight excluding hydrogens is 391 g/mol. The van der Waals surface area contributed by atoms with Crippen molar-refractivity contribution in [2.75, 3.05) is 31.1 Å². The van der Waals surface area contributed by atoms with Gasteiger partial charge < -0.3 is 4.90 Å². The van der Waals surface area contributed by atoms with Gasteiger partial charge in [0, 0.05) is 31.2 Å². The van der Waals surface area contributed by atoms with Gasteiger partial charge in [0.25, 0.3) is 0 Å². The Morgan fingerprint density at radius 2 is 1.66 bits per heavy atom. The number of piperazine rings is 1. The summed E-state index contributed by atoms with van der Waals surface area (Å²) in [6, 6.07) is 14.7. The fourth-order valence-electron chi connectivity index (χ4n) is 3.87. The molecule has 29 heavy (non-hydrogen) atoms. The fourth-order valence-corrected chi connectivity index (χ4v) is 4.11. The molecule has 1 aliphatic rings. The number of hydrogen-bond acceptors (Lipinski definition) is 5. The lowest BCUT2D eigenvalue weighted by molar-refractivity contribution is 0.198. The van der Waals surface area contributed by atoms with Gasteiger partial charge in [-0.05, 0) is 48.0 Å². The standard InChI is InChI=1S/C21H24ClFN6/c1-15(2)29-21(24-25-26-29)20(16-7-3-4-8-17(16)22)28-13-11-27(12-14-28)19-10-6-5-9-18(19)23/h3-10,15,20H,11-14H2,1-2H3/t20-/m0/s1. The van der Waals surface area contributed by atoms with Gasteiger partial charge in [0.15, 0.2) is 5.82 Å². The topological polar surface area (TPSA) is 50.1 Å². The van der Waals surface area contributed by atoms with Crippen LogP contribution >= 0.6 is 11.6 Å². The van der Waals surface area contributed by atoms with E-state index in [0.29, 0.717) is 23.8 Å². The molecule has 1 fully saturated rings. The first-order valence-corrected chi connectivity index (χ1v) is 10.2. The highest BCUT2D eigenvalue weighted by Gasteiger charge is 2.32. The Morgan fingerprint density at radius 1 is 0.966 bits per heavy atom. The Kier molecular flexibility index (Phi) is 5.78. The Morgan fingerprint density at radius 3 is 2.34 bits per heavy atom. The van der Waals surface area contributed by atoms with E-state index in [9.17, 15) is 4.39 Å². The molecule has 0 bridgehead atoms. The number of benzene rings is 2. The zero-order chi connectivity index (χ0) is 20.4. The highest BCUT2D eigenvalue weighted by molar-refractivity contribution is 6.31. The first-order chi connectivity index (χ1) is 14.1. The Bertz CT molecular complexity index is 967. The summed E-state index contributed by atoms with van der Waals surface area (Å²) in [5, 5.41) is 13.1. The predicted octanol–water partition coefficient (Wildman–Crippen LogP) is 3.96. The van der Waals surface area contributed by atoms with E-state index in [4.69, 9.17) is 11.6 Å². The normalized spacial score (nSPS) is 16.4. The lowest BCUT2D eigenvalue weighted by atomic mass is 10.0. The molecule has 0 spiro atoms. The van der Waals surface area contributed by atoms with E-state index in [1.165, 1.54) is 6.07 Å². The maximum Gasteiger partial charge on any atom is 0.173 e. The van der Waals surface area contributed by atoms with E-state index in [1.807, 2.05) is 41.1 Å². The smallest absolute Gasteiger partial charge is 0.173 e. The molecule has 4 rings (SSSR count). The maximum atomic E-state index is 14.2. The van der Waals surface area contributed by atoms with Crippen LogP contribution in [0.25, 0.3) is 0 Å². The largest absolute Gasteiger partial charge is 0.367 e. The third kappa shape index (κ3) is 3.97. The van der Waals surface area contributed by atoms with E-state index in [1.54, 1.807) is 6.07 Å². The van der Waals surface area contributed by atoms with Crippen molar-refractivity contribution in [2.24, 2.45) is 0 Å². The number of para-hydroxylation sites is 1. The van der Waals surface area contributed by atoms with Crippen molar-refractivity contribution >= 4 is 17.3 Å². The molecule has 0 aliphatic carbocycles. The summed E-state index contributed by atoms with van der Waals surface area (Å²) in [6.45, 7) is 7.03. The summed E-state index contributed by atoms with van der Waals surface area (Å²) in [6.07, 6.45) is 0. The predicted molar refractivity (Wildman–Crippen MR) is 112 cm³/mol. The summed E-state index contributed by atoms with van der Waals surface area (Å²) in [7, 11) is 0. The van der Waals surface area contributed by atoms with E-state index in [-0.39, 0.29) is 17.9 Å². The fraction of sp³-hybridized carbons (Fsp3) is 0.381. The Labute approximate surface area is 174 Å². The van der Waals surface area contributed by atoms with Gasteiger partial charge in [0.05, 0.1) is 17.8 Å². The van der Waals surface area contributed by atoms with Crippen molar-refractivity contribution in [1.29, 1.82) is 0 Å². The molecule has 1 aromatic heterocycles. The number of halogens is 2.